The molecule has 0 aromatic heterocycles. The van der Waals surface area contributed by atoms with E-state index >= 15 is 0 Å². The predicted octanol–water partition coefficient (Wildman–Crippen LogP) is 3.30. The van der Waals surface area contributed by atoms with Gasteiger partial charge in [-0.05, 0) is 46.4 Å². The molecule has 0 unspecified atom stereocenters. The molecule has 90 valence electrons. The van der Waals surface area contributed by atoms with Gasteiger partial charge in [0.1, 0.15) is 5.75 Å². The highest BCUT2D eigenvalue weighted by atomic mass is 79.9. The van der Waals surface area contributed by atoms with E-state index in [2.05, 4.69) is 46.6 Å². The second-order valence-electron chi connectivity index (χ2n) is 3.39. The van der Waals surface area contributed by atoms with Gasteiger partial charge in [-0.1, -0.05) is 13.0 Å². The van der Waals surface area contributed by atoms with Crippen LogP contribution in [0, 0.1) is 0 Å². The molecule has 4 heteroatoms. The third-order valence-electron chi connectivity index (χ3n) is 2.12. The molecule has 1 aromatic rings. The Morgan fingerprint density at radius 3 is 2.88 bits per heavy atom. The van der Waals surface area contributed by atoms with E-state index in [1.165, 1.54) is 5.56 Å². The molecule has 16 heavy (non-hydrogen) atoms. The van der Waals surface area contributed by atoms with Crippen LogP contribution in [0.25, 0.3) is 0 Å². The van der Waals surface area contributed by atoms with E-state index < -0.39 is 0 Å². The molecule has 0 fully saturated rings. The molecule has 1 N–H and O–H groups in total. The number of thioether (sulfide) groups is 1. The highest BCUT2D eigenvalue weighted by Gasteiger charge is 2.02. The van der Waals surface area contributed by atoms with Gasteiger partial charge in [-0.25, -0.2) is 0 Å². The summed E-state index contributed by atoms with van der Waals surface area (Å²) in [6, 6.07) is 6.23. The number of nitrogens with one attached hydrogen (secondary N) is 1. The molecule has 0 heterocycles. The van der Waals surface area contributed by atoms with Crippen molar-refractivity contribution in [1.82, 2.24) is 5.32 Å². The highest BCUT2D eigenvalue weighted by Crippen LogP contribution is 2.26. The molecule has 1 aromatic carbocycles. The first-order chi connectivity index (χ1) is 7.77. The van der Waals surface area contributed by atoms with Crippen molar-refractivity contribution in [3.63, 3.8) is 0 Å². The van der Waals surface area contributed by atoms with Crippen LogP contribution in [-0.4, -0.2) is 25.2 Å². The molecule has 0 radical (unpaired) electrons. The Morgan fingerprint density at radius 2 is 2.25 bits per heavy atom. The summed E-state index contributed by atoms with van der Waals surface area (Å²) in [7, 11) is 0. The topological polar surface area (TPSA) is 21.3 Å². The molecule has 0 saturated heterocycles. The lowest BCUT2D eigenvalue weighted by atomic mass is 10.2. The SMILES string of the molecule is CCNCc1ccc(OCCSC)c(Br)c1. The molecule has 2 nitrogen and oxygen atoms in total. The maximum absolute atomic E-state index is 5.65. The van der Waals surface area contributed by atoms with Crippen LogP contribution in [0.4, 0.5) is 0 Å². The first-order valence-electron chi connectivity index (χ1n) is 5.38. The molecule has 0 amide bonds. The van der Waals surface area contributed by atoms with Crippen molar-refractivity contribution in [2.45, 2.75) is 13.5 Å². The third-order valence-corrected chi connectivity index (χ3v) is 3.32. The molecule has 0 spiro atoms. The van der Waals surface area contributed by atoms with Crippen molar-refractivity contribution in [3.05, 3.63) is 28.2 Å². The van der Waals surface area contributed by atoms with Crippen LogP contribution in [0.1, 0.15) is 12.5 Å². The summed E-state index contributed by atoms with van der Waals surface area (Å²) in [5.41, 5.74) is 1.27. The van der Waals surface area contributed by atoms with Crippen molar-refractivity contribution in [3.8, 4) is 5.75 Å². The smallest absolute Gasteiger partial charge is 0.133 e. The maximum atomic E-state index is 5.65. The van der Waals surface area contributed by atoms with Gasteiger partial charge in [-0.3, -0.25) is 0 Å². The third kappa shape index (κ3) is 4.76. The zero-order chi connectivity index (χ0) is 11.8. The zero-order valence-corrected chi connectivity index (χ0v) is 12.2. The second kappa shape index (κ2) is 7.98. The normalized spacial score (nSPS) is 10.4. The number of ether oxygens (including phenoxy) is 1. The number of hydrogen-bond donors (Lipinski definition) is 1. The minimum absolute atomic E-state index is 0.756. The standard InChI is InChI=1S/C12H18BrNOS/c1-3-14-9-10-4-5-12(11(13)8-10)15-6-7-16-2/h4-5,8,14H,3,6-7,9H2,1-2H3. The van der Waals surface area contributed by atoms with Gasteiger partial charge in [-0.2, -0.15) is 11.8 Å². The molecule has 0 bridgehead atoms. The fourth-order valence-electron chi connectivity index (χ4n) is 1.28. The van der Waals surface area contributed by atoms with Crippen molar-refractivity contribution in [1.29, 1.82) is 0 Å². The van der Waals surface area contributed by atoms with Crippen LogP contribution in [0.3, 0.4) is 0 Å². The number of hydrogen-bond acceptors (Lipinski definition) is 3. The van der Waals surface area contributed by atoms with Crippen LogP contribution in [0.2, 0.25) is 0 Å². The molecule has 0 atom stereocenters. The van der Waals surface area contributed by atoms with Crippen molar-refractivity contribution >= 4 is 27.7 Å². The summed E-state index contributed by atoms with van der Waals surface area (Å²) < 4.78 is 6.68. The van der Waals surface area contributed by atoms with Gasteiger partial charge >= 0.3 is 0 Å². The zero-order valence-electron chi connectivity index (χ0n) is 9.75. The van der Waals surface area contributed by atoms with Crippen molar-refractivity contribution in [2.24, 2.45) is 0 Å². The first kappa shape index (κ1) is 13.9. The highest BCUT2D eigenvalue weighted by molar-refractivity contribution is 9.10. The predicted molar refractivity (Wildman–Crippen MR) is 75.4 cm³/mol. The van der Waals surface area contributed by atoms with E-state index in [-0.39, 0.29) is 0 Å². The van der Waals surface area contributed by atoms with Gasteiger partial charge in [0.15, 0.2) is 0 Å². The van der Waals surface area contributed by atoms with Gasteiger partial charge in [0.05, 0.1) is 11.1 Å². The van der Waals surface area contributed by atoms with Gasteiger partial charge < -0.3 is 10.1 Å². The van der Waals surface area contributed by atoms with Crippen LogP contribution >= 0.6 is 27.7 Å². The Kier molecular flexibility index (Phi) is 6.92. The Balaban J connectivity index is 2.53. The van der Waals surface area contributed by atoms with Gasteiger partial charge in [-0.15, -0.1) is 0 Å². The maximum Gasteiger partial charge on any atom is 0.133 e. The Hall–Kier alpha value is -0.190. The lowest BCUT2D eigenvalue weighted by molar-refractivity contribution is 0.342. The van der Waals surface area contributed by atoms with E-state index in [4.69, 9.17) is 4.74 Å². The molecular formula is C12H18BrNOS. The van der Waals surface area contributed by atoms with E-state index in [9.17, 15) is 0 Å². The van der Waals surface area contributed by atoms with Crippen LogP contribution in [0.15, 0.2) is 22.7 Å². The molecular weight excluding hydrogens is 286 g/mol. The monoisotopic (exact) mass is 303 g/mol. The molecule has 1 rings (SSSR count). The Morgan fingerprint density at radius 1 is 1.44 bits per heavy atom. The van der Waals surface area contributed by atoms with Gasteiger partial charge in [0, 0.05) is 12.3 Å². The van der Waals surface area contributed by atoms with Crippen molar-refractivity contribution < 1.29 is 4.74 Å². The lowest BCUT2D eigenvalue weighted by Gasteiger charge is -2.09. The fourth-order valence-corrected chi connectivity index (χ4v) is 2.07. The minimum Gasteiger partial charge on any atom is -0.492 e. The van der Waals surface area contributed by atoms with E-state index in [1.807, 2.05) is 6.07 Å². The summed E-state index contributed by atoms with van der Waals surface area (Å²) in [6.07, 6.45) is 2.08. The summed E-state index contributed by atoms with van der Waals surface area (Å²) in [4.78, 5) is 0. The van der Waals surface area contributed by atoms with Crippen LogP contribution in [0.5, 0.6) is 5.75 Å². The Bertz CT molecular complexity index is 320. The Labute approximate surface area is 110 Å². The lowest BCUT2D eigenvalue weighted by Crippen LogP contribution is -2.11. The summed E-state index contributed by atoms with van der Waals surface area (Å²) >= 11 is 5.32. The van der Waals surface area contributed by atoms with Crippen LogP contribution in [-0.2, 0) is 6.54 Å². The average Bonchev–Trinajstić information content (AvgIpc) is 2.29. The minimum atomic E-state index is 0.756. The quantitative estimate of drug-likeness (QED) is 0.781. The average molecular weight is 304 g/mol. The molecule has 0 aliphatic heterocycles. The first-order valence-corrected chi connectivity index (χ1v) is 7.57. The van der Waals surface area contributed by atoms with E-state index in [0.717, 1.165) is 35.7 Å². The second-order valence-corrected chi connectivity index (χ2v) is 5.23. The number of halogens is 1. The molecule has 0 aliphatic carbocycles. The number of rotatable bonds is 7. The molecule has 0 aliphatic rings. The summed E-state index contributed by atoms with van der Waals surface area (Å²) in [5, 5.41) is 3.30. The summed E-state index contributed by atoms with van der Waals surface area (Å²) in [6.45, 7) is 4.76. The molecule has 0 saturated carbocycles. The van der Waals surface area contributed by atoms with Gasteiger partial charge in [0.2, 0.25) is 0 Å². The van der Waals surface area contributed by atoms with E-state index in [0.29, 0.717) is 0 Å². The van der Waals surface area contributed by atoms with Crippen molar-refractivity contribution in [2.75, 3.05) is 25.2 Å². The number of benzene rings is 1. The largest absolute Gasteiger partial charge is 0.492 e. The summed E-state index contributed by atoms with van der Waals surface area (Å²) in [5.74, 6) is 1.94. The fraction of sp³-hybridized carbons (Fsp3) is 0.500. The van der Waals surface area contributed by atoms with E-state index in [1.54, 1.807) is 11.8 Å². The van der Waals surface area contributed by atoms with Crippen LogP contribution < -0.4 is 10.1 Å². The van der Waals surface area contributed by atoms with Gasteiger partial charge in [0.25, 0.3) is 0 Å².